The predicted molar refractivity (Wildman–Crippen MR) is 88.0 cm³/mol. The van der Waals surface area contributed by atoms with E-state index in [1.165, 1.54) is 11.8 Å². The van der Waals surface area contributed by atoms with Crippen LogP contribution in [0.15, 0.2) is 29.2 Å². The molecule has 2 rings (SSSR count). The third-order valence-corrected chi connectivity index (χ3v) is 4.62. The van der Waals surface area contributed by atoms with Crippen LogP contribution in [0, 0.1) is 5.92 Å². The van der Waals surface area contributed by atoms with Crippen LogP contribution in [-0.2, 0) is 4.79 Å². The smallest absolute Gasteiger partial charge is 0.230 e. The highest BCUT2D eigenvalue weighted by Gasteiger charge is 2.22. The van der Waals surface area contributed by atoms with Crippen LogP contribution in [0.5, 0.6) is 0 Å². The van der Waals surface area contributed by atoms with E-state index in [0.29, 0.717) is 11.7 Å². The number of rotatable bonds is 4. The van der Waals surface area contributed by atoms with Crippen LogP contribution < -0.4 is 10.6 Å². The van der Waals surface area contributed by atoms with Gasteiger partial charge in [-0.15, -0.1) is 24.2 Å². The molecule has 6 heteroatoms. The maximum absolute atomic E-state index is 11.9. The summed E-state index contributed by atoms with van der Waals surface area (Å²) in [5.41, 5.74) is 0. The van der Waals surface area contributed by atoms with Gasteiger partial charge in [0.05, 0.1) is 5.75 Å². The Labute approximate surface area is 135 Å². The van der Waals surface area contributed by atoms with Crippen LogP contribution in [0.25, 0.3) is 0 Å². The Bertz CT molecular complexity index is 428. The van der Waals surface area contributed by atoms with E-state index in [2.05, 4.69) is 17.6 Å². The minimum absolute atomic E-state index is 0. The van der Waals surface area contributed by atoms with E-state index in [9.17, 15) is 4.79 Å². The molecule has 20 heavy (non-hydrogen) atoms. The average molecular weight is 335 g/mol. The van der Waals surface area contributed by atoms with Crippen LogP contribution in [0.1, 0.15) is 13.3 Å². The summed E-state index contributed by atoms with van der Waals surface area (Å²) in [6, 6.07) is 7.81. The molecule has 1 amide bonds. The fraction of sp³-hybridized carbons (Fsp3) is 0.500. The second-order valence-corrected chi connectivity index (χ2v) is 6.37. The van der Waals surface area contributed by atoms with Gasteiger partial charge >= 0.3 is 0 Å². The number of nitrogens with one attached hydrogen (secondary N) is 2. The molecule has 2 unspecified atom stereocenters. The van der Waals surface area contributed by atoms with E-state index in [4.69, 9.17) is 11.6 Å². The average Bonchev–Trinajstić information content (AvgIpc) is 2.41. The summed E-state index contributed by atoms with van der Waals surface area (Å²) in [7, 11) is 0. The van der Waals surface area contributed by atoms with Crippen LogP contribution in [0.3, 0.4) is 0 Å². The van der Waals surface area contributed by atoms with Gasteiger partial charge in [-0.25, -0.2) is 0 Å². The normalized spacial score (nSPS) is 21.9. The fourth-order valence-electron chi connectivity index (χ4n) is 2.11. The van der Waals surface area contributed by atoms with Crippen molar-refractivity contribution in [3.8, 4) is 0 Å². The largest absolute Gasteiger partial charge is 0.351 e. The molecule has 1 fully saturated rings. The Kier molecular flexibility index (Phi) is 7.74. The maximum atomic E-state index is 11.9. The Morgan fingerprint density at radius 3 is 2.80 bits per heavy atom. The molecule has 0 saturated carbocycles. The number of halogens is 2. The molecule has 1 saturated heterocycles. The van der Waals surface area contributed by atoms with E-state index in [1.54, 1.807) is 0 Å². The number of carbonyl (C=O) groups is 1. The van der Waals surface area contributed by atoms with E-state index >= 15 is 0 Å². The van der Waals surface area contributed by atoms with Crippen LogP contribution in [0.4, 0.5) is 0 Å². The number of hydrogen-bond acceptors (Lipinski definition) is 3. The van der Waals surface area contributed by atoms with Gasteiger partial charge in [-0.1, -0.05) is 18.5 Å². The highest BCUT2D eigenvalue weighted by atomic mass is 35.5. The van der Waals surface area contributed by atoms with Crippen molar-refractivity contribution in [2.45, 2.75) is 24.3 Å². The van der Waals surface area contributed by atoms with Crippen molar-refractivity contribution >= 4 is 41.7 Å². The summed E-state index contributed by atoms with van der Waals surface area (Å²) in [6.45, 7) is 4.11. The molecule has 112 valence electrons. The third kappa shape index (κ3) is 5.52. The van der Waals surface area contributed by atoms with Gasteiger partial charge in [0.2, 0.25) is 5.91 Å². The second kappa shape index (κ2) is 8.78. The van der Waals surface area contributed by atoms with E-state index in [1.807, 2.05) is 24.3 Å². The van der Waals surface area contributed by atoms with Crippen molar-refractivity contribution in [1.82, 2.24) is 10.6 Å². The second-order valence-electron chi connectivity index (χ2n) is 4.89. The number of piperidine rings is 1. The SMILES string of the molecule is CC1CCNCC1NC(=O)CSc1ccc(Cl)cc1.Cl. The summed E-state index contributed by atoms with van der Waals surface area (Å²) in [6.07, 6.45) is 1.12. The van der Waals surface area contributed by atoms with E-state index in [-0.39, 0.29) is 24.4 Å². The Morgan fingerprint density at radius 1 is 1.45 bits per heavy atom. The molecule has 0 aromatic heterocycles. The lowest BCUT2D eigenvalue weighted by Gasteiger charge is -2.30. The molecular weight excluding hydrogens is 315 g/mol. The highest BCUT2D eigenvalue weighted by molar-refractivity contribution is 8.00. The summed E-state index contributed by atoms with van der Waals surface area (Å²) in [5, 5.41) is 7.13. The molecule has 3 nitrogen and oxygen atoms in total. The predicted octanol–water partition coefficient (Wildman–Crippen LogP) is 2.97. The van der Waals surface area contributed by atoms with Crippen molar-refractivity contribution in [3.05, 3.63) is 29.3 Å². The van der Waals surface area contributed by atoms with Crippen LogP contribution in [0.2, 0.25) is 5.02 Å². The summed E-state index contributed by atoms with van der Waals surface area (Å²) in [4.78, 5) is 13.0. The molecule has 1 aromatic rings. The van der Waals surface area contributed by atoms with Crippen molar-refractivity contribution in [2.24, 2.45) is 5.92 Å². The first-order valence-electron chi connectivity index (χ1n) is 6.53. The number of hydrogen-bond donors (Lipinski definition) is 2. The monoisotopic (exact) mass is 334 g/mol. The van der Waals surface area contributed by atoms with Crippen molar-refractivity contribution in [3.63, 3.8) is 0 Å². The summed E-state index contributed by atoms with van der Waals surface area (Å²) >= 11 is 7.36. The van der Waals surface area contributed by atoms with Gasteiger partial charge < -0.3 is 10.6 Å². The van der Waals surface area contributed by atoms with E-state index in [0.717, 1.165) is 29.4 Å². The standard InChI is InChI=1S/C14H19ClN2OS.ClH/c1-10-6-7-16-8-13(10)17-14(18)9-19-12-4-2-11(15)3-5-12;/h2-5,10,13,16H,6-9H2,1H3,(H,17,18);1H. The Balaban J connectivity index is 0.00000200. The fourth-order valence-corrected chi connectivity index (χ4v) is 2.95. The molecule has 0 radical (unpaired) electrons. The summed E-state index contributed by atoms with van der Waals surface area (Å²) < 4.78 is 0. The first-order chi connectivity index (χ1) is 9.15. The Morgan fingerprint density at radius 2 is 2.15 bits per heavy atom. The van der Waals surface area contributed by atoms with Gasteiger partial charge in [0.1, 0.15) is 0 Å². The van der Waals surface area contributed by atoms with Gasteiger partial charge in [0.15, 0.2) is 0 Å². The quantitative estimate of drug-likeness (QED) is 0.831. The molecule has 1 aliphatic heterocycles. The zero-order valence-electron chi connectivity index (χ0n) is 11.4. The lowest BCUT2D eigenvalue weighted by molar-refractivity contribution is -0.119. The molecule has 2 atom stereocenters. The molecule has 0 aliphatic carbocycles. The van der Waals surface area contributed by atoms with Crippen molar-refractivity contribution < 1.29 is 4.79 Å². The summed E-state index contributed by atoms with van der Waals surface area (Å²) in [5.74, 6) is 1.09. The zero-order chi connectivity index (χ0) is 13.7. The molecule has 0 spiro atoms. The van der Waals surface area contributed by atoms with Crippen molar-refractivity contribution in [1.29, 1.82) is 0 Å². The zero-order valence-corrected chi connectivity index (χ0v) is 13.8. The first kappa shape index (κ1) is 17.6. The number of benzene rings is 1. The van der Waals surface area contributed by atoms with Gasteiger partial charge in [-0.3, -0.25) is 4.79 Å². The third-order valence-electron chi connectivity index (χ3n) is 3.36. The molecule has 1 heterocycles. The topological polar surface area (TPSA) is 41.1 Å². The van der Waals surface area contributed by atoms with Gasteiger partial charge in [0, 0.05) is 22.5 Å². The molecule has 1 aliphatic rings. The van der Waals surface area contributed by atoms with E-state index < -0.39 is 0 Å². The number of thioether (sulfide) groups is 1. The van der Waals surface area contributed by atoms with Crippen LogP contribution in [-0.4, -0.2) is 30.8 Å². The van der Waals surface area contributed by atoms with Gasteiger partial charge in [-0.2, -0.15) is 0 Å². The molecular formula is C14H20Cl2N2OS. The Hall–Kier alpha value is -0.420. The van der Waals surface area contributed by atoms with Crippen molar-refractivity contribution in [2.75, 3.05) is 18.8 Å². The minimum atomic E-state index is 0. The molecule has 0 bridgehead atoms. The number of carbonyl (C=O) groups excluding carboxylic acids is 1. The van der Waals surface area contributed by atoms with Gasteiger partial charge in [0.25, 0.3) is 0 Å². The molecule has 2 N–H and O–H groups in total. The first-order valence-corrected chi connectivity index (χ1v) is 7.90. The van der Waals surface area contributed by atoms with Crippen LogP contribution >= 0.6 is 35.8 Å². The molecule has 1 aromatic carbocycles. The highest BCUT2D eigenvalue weighted by Crippen LogP contribution is 2.20. The lowest BCUT2D eigenvalue weighted by Crippen LogP contribution is -2.50. The maximum Gasteiger partial charge on any atom is 0.230 e. The minimum Gasteiger partial charge on any atom is -0.351 e. The van der Waals surface area contributed by atoms with Gasteiger partial charge in [-0.05, 0) is 43.1 Å². The number of amides is 1. The lowest BCUT2D eigenvalue weighted by atomic mass is 9.95.